The van der Waals surface area contributed by atoms with Crippen LogP contribution in [0.4, 0.5) is 11.4 Å². The van der Waals surface area contributed by atoms with Crippen LogP contribution in [0.3, 0.4) is 0 Å². The molecule has 5 heteroatoms. The Morgan fingerprint density at radius 3 is 2.55 bits per heavy atom. The molecular formula is C17H14ClN3O. The van der Waals surface area contributed by atoms with Gasteiger partial charge in [0.25, 0.3) is 5.91 Å². The average molecular weight is 312 g/mol. The largest absolute Gasteiger partial charge is 0.360 e. The lowest BCUT2D eigenvalue weighted by Crippen LogP contribution is -2.14. The predicted molar refractivity (Wildman–Crippen MR) is 88.6 cm³/mol. The topological polar surface area (TPSA) is 64.9 Å². The molecule has 2 aromatic rings. The molecule has 0 aromatic heterocycles. The van der Waals surface area contributed by atoms with Gasteiger partial charge in [0.05, 0.1) is 0 Å². The molecule has 0 saturated heterocycles. The van der Waals surface area contributed by atoms with Crippen LogP contribution in [0, 0.1) is 18.3 Å². The first-order valence-electron chi connectivity index (χ1n) is 6.59. The third-order valence-electron chi connectivity index (χ3n) is 2.94. The van der Waals surface area contributed by atoms with Crippen molar-refractivity contribution in [3.05, 3.63) is 70.9 Å². The van der Waals surface area contributed by atoms with E-state index in [2.05, 4.69) is 10.6 Å². The summed E-state index contributed by atoms with van der Waals surface area (Å²) in [7, 11) is 0. The summed E-state index contributed by atoms with van der Waals surface area (Å²) in [5.74, 6) is -0.466. The van der Waals surface area contributed by atoms with Gasteiger partial charge in [0.1, 0.15) is 11.6 Å². The number of para-hydroxylation sites is 1. The van der Waals surface area contributed by atoms with E-state index in [0.29, 0.717) is 10.7 Å². The zero-order valence-electron chi connectivity index (χ0n) is 11.9. The maximum atomic E-state index is 12.0. The smallest absolute Gasteiger partial charge is 0.267 e. The Kier molecular flexibility index (Phi) is 5.18. The second-order valence-electron chi connectivity index (χ2n) is 4.60. The summed E-state index contributed by atoms with van der Waals surface area (Å²) in [6.07, 6.45) is 1.38. The van der Waals surface area contributed by atoms with Gasteiger partial charge in [-0.2, -0.15) is 5.26 Å². The van der Waals surface area contributed by atoms with Crippen molar-refractivity contribution < 1.29 is 4.79 Å². The summed E-state index contributed by atoms with van der Waals surface area (Å²) in [6.45, 7) is 1.88. The highest BCUT2D eigenvalue weighted by atomic mass is 35.5. The van der Waals surface area contributed by atoms with Crippen LogP contribution >= 0.6 is 11.6 Å². The van der Waals surface area contributed by atoms with Gasteiger partial charge in [-0.3, -0.25) is 4.79 Å². The third-order valence-corrected chi connectivity index (χ3v) is 3.36. The number of nitrogens with zero attached hydrogens (tertiary/aromatic N) is 1. The zero-order chi connectivity index (χ0) is 15.9. The Morgan fingerprint density at radius 1 is 1.18 bits per heavy atom. The van der Waals surface area contributed by atoms with Crippen LogP contribution in [-0.2, 0) is 4.79 Å². The Hall–Kier alpha value is -2.77. The average Bonchev–Trinajstić information content (AvgIpc) is 2.52. The highest BCUT2D eigenvalue weighted by molar-refractivity contribution is 6.31. The molecule has 2 aromatic carbocycles. The number of amides is 1. The second kappa shape index (κ2) is 7.30. The lowest BCUT2D eigenvalue weighted by atomic mass is 10.2. The SMILES string of the molecule is Cc1cc(N/C=C(\C#N)C(=O)Nc2ccccc2)ccc1Cl. The van der Waals surface area contributed by atoms with E-state index in [0.717, 1.165) is 11.3 Å². The van der Waals surface area contributed by atoms with Crippen LogP contribution in [0.5, 0.6) is 0 Å². The fourth-order valence-electron chi connectivity index (χ4n) is 1.76. The number of hydrogen-bond donors (Lipinski definition) is 2. The molecule has 4 nitrogen and oxygen atoms in total. The summed E-state index contributed by atoms with van der Waals surface area (Å²) in [4.78, 5) is 12.0. The lowest BCUT2D eigenvalue weighted by molar-refractivity contribution is -0.112. The Bertz CT molecular complexity index is 748. The molecule has 0 heterocycles. The number of nitriles is 1. The molecule has 0 bridgehead atoms. The molecule has 0 unspecified atom stereocenters. The van der Waals surface area contributed by atoms with Crippen molar-refractivity contribution in [3.8, 4) is 6.07 Å². The highest BCUT2D eigenvalue weighted by Gasteiger charge is 2.09. The molecule has 0 aliphatic carbocycles. The van der Waals surface area contributed by atoms with E-state index in [1.807, 2.05) is 25.1 Å². The predicted octanol–water partition coefficient (Wildman–Crippen LogP) is 4.11. The summed E-state index contributed by atoms with van der Waals surface area (Å²) >= 11 is 5.95. The van der Waals surface area contributed by atoms with E-state index in [4.69, 9.17) is 16.9 Å². The number of carbonyl (C=O) groups excluding carboxylic acids is 1. The van der Waals surface area contributed by atoms with Gasteiger partial charge in [0, 0.05) is 22.6 Å². The van der Waals surface area contributed by atoms with E-state index in [1.165, 1.54) is 6.20 Å². The minimum Gasteiger partial charge on any atom is -0.360 e. The summed E-state index contributed by atoms with van der Waals surface area (Å²) < 4.78 is 0. The van der Waals surface area contributed by atoms with Crippen LogP contribution in [0.25, 0.3) is 0 Å². The molecule has 0 aliphatic rings. The van der Waals surface area contributed by atoms with Gasteiger partial charge in [0.2, 0.25) is 0 Å². The van der Waals surface area contributed by atoms with Gasteiger partial charge in [0.15, 0.2) is 0 Å². The van der Waals surface area contributed by atoms with Gasteiger partial charge in [-0.05, 0) is 42.8 Å². The van der Waals surface area contributed by atoms with Gasteiger partial charge in [-0.25, -0.2) is 0 Å². The monoisotopic (exact) mass is 311 g/mol. The number of benzene rings is 2. The standard InChI is InChI=1S/C17H14ClN3O/c1-12-9-15(7-8-16(12)18)20-11-13(10-19)17(22)21-14-5-3-2-4-6-14/h2-9,11,20H,1H3,(H,21,22)/b13-11+. The van der Waals surface area contributed by atoms with E-state index in [9.17, 15) is 4.79 Å². The van der Waals surface area contributed by atoms with Crippen LogP contribution < -0.4 is 10.6 Å². The van der Waals surface area contributed by atoms with Crippen LogP contribution in [0.15, 0.2) is 60.3 Å². The van der Waals surface area contributed by atoms with Crippen molar-refractivity contribution >= 4 is 28.9 Å². The van der Waals surface area contributed by atoms with Crippen molar-refractivity contribution in [1.29, 1.82) is 5.26 Å². The molecule has 0 atom stereocenters. The molecule has 0 fully saturated rings. The van der Waals surface area contributed by atoms with E-state index < -0.39 is 5.91 Å². The minimum atomic E-state index is -0.466. The first-order valence-corrected chi connectivity index (χ1v) is 6.97. The molecule has 2 N–H and O–H groups in total. The van der Waals surface area contributed by atoms with Crippen molar-refractivity contribution in [2.24, 2.45) is 0 Å². The number of carbonyl (C=O) groups is 1. The summed E-state index contributed by atoms with van der Waals surface area (Å²) in [5.41, 5.74) is 2.28. The number of halogens is 1. The molecule has 1 amide bonds. The zero-order valence-corrected chi connectivity index (χ0v) is 12.7. The normalized spacial score (nSPS) is 10.7. The van der Waals surface area contributed by atoms with Crippen molar-refractivity contribution in [2.75, 3.05) is 10.6 Å². The molecule has 0 saturated carbocycles. The molecule has 0 aliphatic heterocycles. The number of aryl methyl sites for hydroxylation is 1. The van der Waals surface area contributed by atoms with E-state index in [-0.39, 0.29) is 5.57 Å². The van der Waals surface area contributed by atoms with Crippen LogP contribution in [-0.4, -0.2) is 5.91 Å². The molecule has 2 rings (SSSR count). The third kappa shape index (κ3) is 4.11. The van der Waals surface area contributed by atoms with Gasteiger partial charge < -0.3 is 10.6 Å². The molecule has 110 valence electrons. The van der Waals surface area contributed by atoms with Crippen LogP contribution in [0.1, 0.15) is 5.56 Å². The highest BCUT2D eigenvalue weighted by Crippen LogP contribution is 2.19. The summed E-state index contributed by atoms with van der Waals surface area (Å²) in [5, 5.41) is 15.4. The number of anilines is 2. The fraction of sp³-hybridized carbons (Fsp3) is 0.0588. The second-order valence-corrected chi connectivity index (χ2v) is 5.01. The Balaban J connectivity index is 2.08. The van der Waals surface area contributed by atoms with E-state index in [1.54, 1.807) is 36.4 Å². The van der Waals surface area contributed by atoms with Gasteiger partial charge in [-0.15, -0.1) is 0 Å². The van der Waals surface area contributed by atoms with Gasteiger partial charge in [-0.1, -0.05) is 29.8 Å². The molecule has 0 radical (unpaired) electrons. The molecular weight excluding hydrogens is 298 g/mol. The van der Waals surface area contributed by atoms with E-state index >= 15 is 0 Å². The van der Waals surface area contributed by atoms with Crippen LogP contribution in [0.2, 0.25) is 5.02 Å². The van der Waals surface area contributed by atoms with Gasteiger partial charge >= 0.3 is 0 Å². The maximum Gasteiger partial charge on any atom is 0.267 e. The van der Waals surface area contributed by atoms with Crippen molar-refractivity contribution in [2.45, 2.75) is 6.92 Å². The number of nitrogens with one attached hydrogen (secondary N) is 2. The molecule has 22 heavy (non-hydrogen) atoms. The quantitative estimate of drug-likeness (QED) is 0.660. The first-order chi connectivity index (χ1) is 10.6. The minimum absolute atomic E-state index is 0.0172. The number of hydrogen-bond acceptors (Lipinski definition) is 3. The molecule has 0 spiro atoms. The Morgan fingerprint density at radius 2 is 1.91 bits per heavy atom. The maximum absolute atomic E-state index is 12.0. The Labute approximate surface area is 134 Å². The van der Waals surface area contributed by atoms with Crippen molar-refractivity contribution in [1.82, 2.24) is 0 Å². The fourth-order valence-corrected chi connectivity index (χ4v) is 1.88. The lowest BCUT2D eigenvalue weighted by Gasteiger charge is -2.06. The summed E-state index contributed by atoms with van der Waals surface area (Å²) in [6, 6.07) is 16.2. The van der Waals surface area contributed by atoms with Crippen molar-refractivity contribution in [3.63, 3.8) is 0 Å². The first kappa shape index (κ1) is 15.6. The number of rotatable bonds is 4.